The molecular formula is C24H23N5O3. The number of hydrogen-bond donors (Lipinski definition) is 0. The van der Waals surface area contributed by atoms with Crippen molar-refractivity contribution < 1.29 is 4.79 Å². The summed E-state index contributed by atoms with van der Waals surface area (Å²) >= 11 is 0. The van der Waals surface area contributed by atoms with E-state index in [2.05, 4.69) is 9.97 Å². The molecule has 1 aromatic heterocycles. The Hall–Kier alpha value is -4.07. The molecule has 1 amide bonds. The number of fused-ring (bicyclic) bond motifs is 1. The van der Waals surface area contributed by atoms with Gasteiger partial charge >= 0.3 is 5.69 Å². The van der Waals surface area contributed by atoms with Gasteiger partial charge in [0.15, 0.2) is 5.82 Å². The highest BCUT2D eigenvalue weighted by Crippen LogP contribution is 2.19. The molecule has 2 aliphatic rings. The van der Waals surface area contributed by atoms with Gasteiger partial charge in [-0.05, 0) is 50.2 Å². The summed E-state index contributed by atoms with van der Waals surface area (Å²) in [7, 11) is 0. The molecule has 162 valence electrons. The molecule has 2 aromatic rings. The molecule has 3 heterocycles. The van der Waals surface area contributed by atoms with Crippen LogP contribution in [-0.4, -0.2) is 31.1 Å². The van der Waals surface area contributed by atoms with Crippen molar-refractivity contribution >= 4 is 11.6 Å². The fourth-order valence-corrected chi connectivity index (χ4v) is 3.68. The highest BCUT2D eigenvalue weighted by atomic mass is 16.2. The van der Waals surface area contributed by atoms with Crippen molar-refractivity contribution in [1.29, 1.82) is 0 Å². The topological polar surface area (TPSA) is 90.1 Å². The standard InChI is InChI=1S/C24H23N5O3/c1-17(2)29(19-10-4-3-5-11-19)21(30)16-27-14-8-12-20-22(27)26-24(32)28(23(20)31)15-18-9-6-7-13-25-18/h3-14,17H,15-16H2,1-2H3. The number of carbonyl (C=O) groups excluding carboxylic acids is 1. The van der Waals surface area contributed by atoms with Crippen LogP contribution in [0.15, 0.2) is 82.6 Å². The van der Waals surface area contributed by atoms with Crippen molar-refractivity contribution in [2.45, 2.75) is 33.0 Å². The summed E-state index contributed by atoms with van der Waals surface area (Å²) in [5, 5.41) is 0. The molecule has 0 spiro atoms. The number of hydrogen-bond acceptors (Lipinski definition) is 5. The summed E-state index contributed by atoms with van der Waals surface area (Å²) in [4.78, 5) is 48.9. The van der Waals surface area contributed by atoms with E-state index in [1.54, 1.807) is 52.2 Å². The number of para-hydroxylation sites is 1. The number of amides is 1. The van der Waals surface area contributed by atoms with Crippen LogP contribution in [0.4, 0.5) is 5.69 Å². The highest BCUT2D eigenvalue weighted by Gasteiger charge is 2.22. The number of anilines is 1. The number of carbonyl (C=O) groups is 1. The maximum absolute atomic E-state index is 13.2. The Morgan fingerprint density at radius 2 is 1.75 bits per heavy atom. The molecule has 1 aromatic carbocycles. The molecule has 0 bridgehead atoms. The van der Waals surface area contributed by atoms with Crippen LogP contribution in [-0.2, 0) is 17.9 Å². The largest absolute Gasteiger partial charge is 0.352 e. The van der Waals surface area contributed by atoms with Crippen molar-refractivity contribution in [3.05, 3.63) is 99.6 Å². The van der Waals surface area contributed by atoms with Gasteiger partial charge in [-0.3, -0.25) is 19.1 Å². The maximum atomic E-state index is 13.2. The Labute approximate surface area is 184 Å². The quantitative estimate of drug-likeness (QED) is 0.470. The fourth-order valence-electron chi connectivity index (χ4n) is 3.68. The van der Waals surface area contributed by atoms with Gasteiger partial charge in [-0.25, -0.2) is 4.79 Å². The van der Waals surface area contributed by atoms with E-state index in [-0.39, 0.29) is 36.4 Å². The number of rotatable bonds is 6. The molecule has 32 heavy (non-hydrogen) atoms. The zero-order valence-corrected chi connectivity index (χ0v) is 17.9. The second-order valence-electron chi connectivity index (χ2n) is 7.67. The molecule has 0 aliphatic carbocycles. The van der Waals surface area contributed by atoms with E-state index in [1.807, 2.05) is 44.2 Å². The molecule has 4 rings (SSSR count). The minimum Gasteiger partial charge on any atom is -0.323 e. The van der Waals surface area contributed by atoms with Gasteiger partial charge in [0.05, 0.1) is 17.8 Å². The number of benzene rings is 1. The minimum absolute atomic E-state index is 0.0321. The van der Waals surface area contributed by atoms with Gasteiger partial charge in [-0.15, -0.1) is 0 Å². The summed E-state index contributed by atoms with van der Waals surface area (Å²) in [6.45, 7) is 3.84. The van der Waals surface area contributed by atoms with E-state index in [1.165, 1.54) is 0 Å². The lowest BCUT2D eigenvalue weighted by Crippen LogP contribution is -2.41. The zero-order valence-electron chi connectivity index (χ0n) is 17.9. The smallest absolute Gasteiger partial charge is 0.323 e. The maximum Gasteiger partial charge on any atom is 0.352 e. The second-order valence-corrected chi connectivity index (χ2v) is 7.67. The highest BCUT2D eigenvalue weighted by molar-refractivity contribution is 5.93. The van der Waals surface area contributed by atoms with Crippen LogP contribution in [0.25, 0.3) is 11.4 Å². The summed E-state index contributed by atoms with van der Waals surface area (Å²) in [6.07, 6.45) is 3.25. The van der Waals surface area contributed by atoms with Crippen molar-refractivity contribution in [2.24, 2.45) is 0 Å². The van der Waals surface area contributed by atoms with Gasteiger partial charge in [-0.1, -0.05) is 24.3 Å². The van der Waals surface area contributed by atoms with Crippen LogP contribution >= 0.6 is 0 Å². The van der Waals surface area contributed by atoms with Gasteiger partial charge in [0.2, 0.25) is 5.91 Å². The van der Waals surface area contributed by atoms with Crippen LogP contribution in [0.3, 0.4) is 0 Å². The average Bonchev–Trinajstić information content (AvgIpc) is 2.78. The third-order valence-corrected chi connectivity index (χ3v) is 5.12. The van der Waals surface area contributed by atoms with Gasteiger partial charge in [-0.2, -0.15) is 4.98 Å². The SMILES string of the molecule is CC(C)N(C(=O)Cn1cccc2c(=O)n(Cc3ccccn3)c(=O)nc1-2)c1ccccc1. The number of pyridine rings is 2. The molecule has 8 heteroatoms. The molecule has 0 atom stereocenters. The van der Waals surface area contributed by atoms with E-state index in [9.17, 15) is 14.4 Å². The second kappa shape index (κ2) is 8.97. The number of aromatic nitrogens is 4. The van der Waals surface area contributed by atoms with Crippen LogP contribution in [0.2, 0.25) is 0 Å². The van der Waals surface area contributed by atoms with E-state index >= 15 is 0 Å². The lowest BCUT2D eigenvalue weighted by atomic mass is 10.2. The van der Waals surface area contributed by atoms with Crippen molar-refractivity contribution in [1.82, 2.24) is 19.1 Å². The van der Waals surface area contributed by atoms with Crippen LogP contribution < -0.4 is 16.1 Å². The Balaban J connectivity index is 1.70. The Morgan fingerprint density at radius 1 is 1.00 bits per heavy atom. The Kier molecular flexibility index (Phi) is 5.93. The van der Waals surface area contributed by atoms with Crippen molar-refractivity contribution in [2.75, 3.05) is 4.90 Å². The molecule has 0 unspecified atom stereocenters. The Morgan fingerprint density at radius 3 is 2.44 bits per heavy atom. The summed E-state index contributed by atoms with van der Waals surface area (Å²) in [6, 6.07) is 17.9. The van der Waals surface area contributed by atoms with Gasteiger partial charge in [0.25, 0.3) is 5.56 Å². The van der Waals surface area contributed by atoms with E-state index in [0.717, 1.165) is 10.3 Å². The molecule has 0 N–H and O–H groups in total. The minimum atomic E-state index is -0.677. The molecular weight excluding hydrogens is 406 g/mol. The summed E-state index contributed by atoms with van der Waals surface area (Å²) in [5.41, 5.74) is 0.498. The molecule has 8 nitrogen and oxygen atoms in total. The predicted molar refractivity (Wildman–Crippen MR) is 122 cm³/mol. The normalized spacial score (nSPS) is 11.1. The summed E-state index contributed by atoms with van der Waals surface area (Å²) in [5.74, 6) is 0.0144. The lowest BCUT2D eigenvalue weighted by molar-refractivity contribution is -0.119. The molecule has 0 fully saturated rings. The first-order valence-electron chi connectivity index (χ1n) is 10.3. The monoisotopic (exact) mass is 429 g/mol. The average molecular weight is 429 g/mol. The van der Waals surface area contributed by atoms with Crippen molar-refractivity contribution in [3.8, 4) is 11.4 Å². The van der Waals surface area contributed by atoms with E-state index in [0.29, 0.717) is 5.69 Å². The Bertz CT molecular complexity index is 1310. The van der Waals surface area contributed by atoms with Crippen molar-refractivity contribution in [3.63, 3.8) is 0 Å². The first-order valence-corrected chi connectivity index (χ1v) is 10.3. The fraction of sp³-hybridized carbons (Fsp3) is 0.208. The third-order valence-electron chi connectivity index (χ3n) is 5.12. The summed E-state index contributed by atoms with van der Waals surface area (Å²) < 4.78 is 2.60. The van der Waals surface area contributed by atoms with Crippen LogP contribution in [0.5, 0.6) is 0 Å². The molecule has 0 radical (unpaired) electrons. The molecule has 0 saturated carbocycles. The molecule has 0 saturated heterocycles. The van der Waals surface area contributed by atoms with Gasteiger partial charge < -0.3 is 9.47 Å². The van der Waals surface area contributed by atoms with Gasteiger partial charge in [0, 0.05) is 24.1 Å². The third kappa shape index (κ3) is 4.20. The zero-order chi connectivity index (χ0) is 22.7. The predicted octanol–water partition coefficient (Wildman–Crippen LogP) is 2.39. The van der Waals surface area contributed by atoms with E-state index < -0.39 is 11.2 Å². The lowest BCUT2D eigenvalue weighted by Gasteiger charge is -2.28. The van der Waals surface area contributed by atoms with E-state index in [4.69, 9.17) is 0 Å². The first-order chi connectivity index (χ1) is 15.5. The van der Waals surface area contributed by atoms with Crippen LogP contribution in [0, 0.1) is 0 Å². The first kappa shape index (κ1) is 21.2. The molecule has 2 aliphatic heterocycles. The number of nitrogens with zero attached hydrogens (tertiary/aromatic N) is 5. The van der Waals surface area contributed by atoms with Gasteiger partial charge in [0.1, 0.15) is 6.54 Å². The van der Waals surface area contributed by atoms with Crippen LogP contribution in [0.1, 0.15) is 19.5 Å².